The normalized spacial score (nSPS) is 24.4. The first-order chi connectivity index (χ1) is 28.3. The zero-order valence-corrected chi connectivity index (χ0v) is 32.5. The summed E-state index contributed by atoms with van der Waals surface area (Å²) in [6.45, 7) is 6.22. The number of piperidine rings is 1. The molecule has 5 heterocycles. The lowest BCUT2D eigenvalue weighted by molar-refractivity contribution is -0.137. The lowest BCUT2D eigenvalue weighted by Crippen LogP contribution is -2.60. The first-order valence-electron chi connectivity index (χ1n) is 20.7. The maximum atomic E-state index is 13.7. The largest absolute Gasteiger partial charge is 0.508 e. The van der Waals surface area contributed by atoms with Crippen LogP contribution in [0.1, 0.15) is 69.3 Å². The average Bonchev–Trinajstić information content (AvgIpc) is 3.59. The molecule has 4 aromatic rings. The van der Waals surface area contributed by atoms with Crippen molar-refractivity contribution in [3.63, 3.8) is 0 Å². The molecule has 5 aliphatic heterocycles. The first kappa shape index (κ1) is 36.5. The van der Waals surface area contributed by atoms with Gasteiger partial charge in [0.25, 0.3) is 5.91 Å². The molecule has 12 nitrogen and oxygen atoms in total. The average molecular weight is 781 g/mol. The van der Waals surface area contributed by atoms with E-state index in [4.69, 9.17) is 4.74 Å². The van der Waals surface area contributed by atoms with Crippen LogP contribution in [0, 0.1) is 0 Å². The number of aryl methyl sites for hydroxylation is 1. The Hall–Kier alpha value is -5.88. The number of imide groups is 1. The van der Waals surface area contributed by atoms with E-state index in [1.54, 1.807) is 4.90 Å². The standard InChI is InChI=1S/C46H48N6O6/c53-34-11-13-36-31(24-34)8-12-35(29-4-2-1-3-5-29)43(36)30-6-9-32(10-7-30)49-20-18-48(19-21-49)27-42(55)50-22-23-51-33(25-50)28-58-44-38-26-52(40-16-17-41(54)47-45(40)56)46(57)37(38)14-15-39(44)51/h1-7,9-11,13-15,24,33,35,40,43,53H,8,12,16-23,25-28H2,(H,47,54,56)/t33-,35+,40?,43-/m0/s1. The molecule has 0 saturated carbocycles. The van der Waals surface area contributed by atoms with Crippen molar-refractivity contribution in [1.29, 1.82) is 0 Å². The van der Waals surface area contributed by atoms with Gasteiger partial charge in [0.05, 0.1) is 24.8 Å². The van der Waals surface area contributed by atoms with Crippen LogP contribution in [0.25, 0.3) is 0 Å². The molecule has 10 rings (SSSR count). The van der Waals surface area contributed by atoms with E-state index in [2.05, 4.69) is 80.7 Å². The molecule has 4 amide bonds. The Labute approximate surface area is 337 Å². The van der Waals surface area contributed by atoms with Gasteiger partial charge in [-0.1, -0.05) is 48.5 Å². The second kappa shape index (κ2) is 14.8. The van der Waals surface area contributed by atoms with Gasteiger partial charge in [0.2, 0.25) is 17.7 Å². The maximum absolute atomic E-state index is 13.7. The van der Waals surface area contributed by atoms with Crippen molar-refractivity contribution in [1.82, 2.24) is 20.0 Å². The smallest absolute Gasteiger partial charge is 0.255 e. The summed E-state index contributed by atoms with van der Waals surface area (Å²) in [5.74, 6) is 0.770. The first-order valence-corrected chi connectivity index (χ1v) is 20.7. The highest BCUT2D eigenvalue weighted by Gasteiger charge is 2.43. The van der Waals surface area contributed by atoms with Crippen LogP contribution in [0.15, 0.2) is 84.9 Å². The summed E-state index contributed by atoms with van der Waals surface area (Å²) in [5, 5.41) is 12.6. The van der Waals surface area contributed by atoms with Crippen LogP contribution in [0.3, 0.4) is 0 Å². The van der Waals surface area contributed by atoms with Gasteiger partial charge in [-0.3, -0.25) is 29.4 Å². The summed E-state index contributed by atoms with van der Waals surface area (Å²) in [7, 11) is 0. The van der Waals surface area contributed by atoms with Crippen LogP contribution < -0.4 is 19.9 Å². The predicted octanol–water partition coefficient (Wildman–Crippen LogP) is 4.25. The molecule has 3 fully saturated rings. The Balaban J connectivity index is 0.748. The molecule has 0 spiro atoms. The summed E-state index contributed by atoms with van der Waals surface area (Å²) in [6, 6.07) is 28.8. The van der Waals surface area contributed by atoms with Crippen molar-refractivity contribution in [3.05, 3.63) is 118 Å². The lowest BCUT2D eigenvalue weighted by atomic mass is 9.69. The van der Waals surface area contributed by atoms with Gasteiger partial charge < -0.3 is 29.4 Å². The number of phenolic OH excluding ortho intramolecular Hbond substituents is 1. The minimum Gasteiger partial charge on any atom is -0.508 e. The molecule has 4 atom stereocenters. The number of nitrogens with one attached hydrogen (secondary N) is 1. The molecule has 12 heteroatoms. The number of nitrogens with zero attached hydrogens (tertiary/aromatic N) is 5. The Bertz CT molecular complexity index is 2270. The second-order valence-corrected chi connectivity index (χ2v) is 16.6. The fourth-order valence-corrected chi connectivity index (χ4v) is 10.3. The Morgan fingerprint density at radius 1 is 0.810 bits per heavy atom. The summed E-state index contributed by atoms with van der Waals surface area (Å²) in [6.07, 6.45) is 2.51. The molecule has 4 aromatic carbocycles. The molecule has 0 bridgehead atoms. The van der Waals surface area contributed by atoms with E-state index < -0.39 is 11.9 Å². The molecule has 298 valence electrons. The summed E-state index contributed by atoms with van der Waals surface area (Å²) in [5.41, 5.74) is 8.61. The Morgan fingerprint density at radius 2 is 1.62 bits per heavy atom. The highest BCUT2D eigenvalue weighted by molar-refractivity contribution is 6.06. The molecule has 1 aliphatic carbocycles. The number of hydrogen-bond acceptors (Lipinski definition) is 9. The number of amides is 4. The zero-order chi connectivity index (χ0) is 39.5. The van der Waals surface area contributed by atoms with Gasteiger partial charge in [-0.05, 0) is 83.8 Å². The van der Waals surface area contributed by atoms with Crippen LogP contribution in [-0.2, 0) is 27.3 Å². The van der Waals surface area contributed by atoms with Crippen molar-refractivity contribution in [3.8, 4) is 11.5 Å². The SMILES string of the molecule is O=C1CCC(N2Cc3c(ccc4c3OC[C@@H]3CN(C(=O)CN5CCN(c6ccc([C@@H]7c8ccc(O)cc8CC[C@@H]7c7ccccc7)cc6)CC5)CCN43)C2=O)C(=O)N1. The van der Waals surface area contributed by atoms with Gasteiger partial charge in [0.1, 0.15) is 24.1 Å². The van der Waals surface area contributed by atoms with Gasteiger partial charge in [-0.15, -0.1) is 0 Å². The molecule has 0 aromatic heterocycles. The van der Waals surface area contributed by atoms with Crippen LogP contribution in [0.5, 0.6) is 11.5 Å². The van der Waals surface area contributed by atoms with Gasteiger partial charge in [-0.2, -0.15) is 0 Å². The van der Waals surface area contributed by atoms with E-state index in [0.29, 0.717) is 62.2 Å². The van der Waals surface area contributed by atoms with Crippen LogP contribution >= 0.6 is 0 Å². The zero-order valence-electron chi connectivity index (χ0n) is 32.5. The van der Waals surface area contributed by atoms with E-state index >= 15 is 0 Å². The number of anilines is 2. The van der Waals surface area contributed by atoms with Crippen LogP contribution in [-0.4, -0.2) is 114 Å². The number of ether oxygens (including phenoxy) is 1. The Morgan fingerprint density at radius 3 is 2.41 bits per heavy atom. The third-order valence-corrected chi connectivity index (χ3v) is 13.4. The minimum atomic E-state index is -0.675. The number of carbonyl (C=O) groups is 4. The lowest BCUT2D eigenvalue weighted by Gasteiger charge is -2.46. The van der Waals surface area contributed by atoms with E-state index in [1.165, 1.54) is 27.9 Å². The maximum Gasteiger partial charge on any atom is 0.255 e. The topological polar surface area (TPSA) is 126 Å². The fourth-order valence-electron chi connectivity index (χ4n) is 10.3. The Kier molecular flexibility index (Phi) is 9.31. The monoisotopic (exact) mass is 780 g/mol. The molecule has 0 radical (unpaired) electrons. The van der Waals surface area contributed by atoms with Gasteiger partial charge in [-0.25, -0.2) is 0 Å². The highest BCUT2D eigenvalue weighted by atomic mass is 16.5. The molecule has 6 aliphatic rings. The van der Waals surface area contributed by atoms with Crippen molar-refractivity contribution in [2.24, 2.45) is 0 Å². The number of phenols is 1. The summed E-state index contributed by atoms with van der Waals surface area (Å²) < 4.78 is 6.34. The van der Waals surface area contributed by atoms with Gasteiger partial charge in [0.15, 0.2) is 0 Å². The summed E-state index contributed by atoms with van der Waals surface area (Å²) in [4.78, 5) is 61.8. The van der Waals surface area contributed by atoms with Crippen LogP contribution in [0.2, 0.25) is 0 Å². The van der Waals surface area contributed by atoms with Crippen molar-refractivity contribution < 1.29 is 29.0 Å². The number of fused-ring (bicyclic) bond motifs is 6. The highest BCUT2D eigenvalue weighted by Crippen LogP contribution is 2.47. The molecular formula is C46H48N6O6. The number of piperazine rings is 2. The van der Waals surface area contributed by atoms with Crippen LogP contribution in [0.4, 0.5) is 11.4 Å². The van der Waals surface area contributed by atoms with Crippen molar-refractivity contribution in [2.45, 2.75) is 56.1 Å². The van der Waals surface area contributed by atoms with Gasteiger partial charge in [0, 0.05) is 75.0 Å². The number of carbonyl (C=O) groups excluding carboxylic acids is 4. The molecular weight excluding hydrogens is 733 g/mol. The van der Waals surface area contributed by atoms with Gasteiger partial charge >= 0.3 is 0 Å². The molecule has 2 N–H and O–H groups in total. The van der Waals surface area contributed by atoms with E-state index in [1.807, 2.05) is 29.2 Å². The molecule has 58 heavy (non-hydrogen) atoms. The van der Waals surface area contributed by atoms with Crippen molar-refractivity contribution >= 4 is 35.0 Å². The summed E-state index contributed by atoms with van der Waals surface area (Å²) >= 11 is 0. The number of hydrogen-bond donors (Lipinski definition) is 2. The number of rotatable bonds is 6. The number of aromatic hydroxyl groups is 1. The molecule has 3 saturated heterocycles. The fraction of sp³-hybridized carbons (Fsp3) is 0.391. The van der Waals surface area contributed by atoms with Crippen molar-refractivity contribution in [2.75, 3.05) is 68.8 Å². The number of benzene rings is 4. The quantitative estimate of drug-likeness (QED) is 0.277. The van der Waals surface area contributed by atoms with E-state index in [0.717, 1.165) is 50.3 Å². The minimum absolute atomic E-state index is 0.00335. The third-order valence-electron chi connectivity index (χ3n) is 13.4. The predicted molar refractivity (Wildman–Crippen MR) is 218 cm³/mol. The van der Waals surface area contributed by atoms with E-state index in [9.17, 15) is 24.3 Å². The second-order valence-electron chi connectivity index (χ2n) is 16.6. The van der Waals surface area contributed by atoms with E-state index in [-0.39, 0.29) is 42.6 Å². The molecule has 1 unspecified atom stereocenters. The third kappa shape index (κ3) is 6.53.